The molecule has 0 saturated heterocycles. The van der Waals surface area contributed by atoms with Crippen LogP contribution in [0.4, 0.5) is 0 Å². The van der Waals surface area contributed by atoms with Crippen LogP contribution >= 0.6 is 0 Å². The fourth-order valence-electron chi connectivity index (χ4n) is 8.81. The van der Waals surface area contributed by atoms with Gasteiger partial charge >= 0.3 is 0 Å². The van der Waals surface area contributed by atoms with Crippen molar-refractivity contribution < 1.29 is 0 Å². The lowest BCUT2D eigenvalue weighted by Gasteiger charge is -2.20. The second-order valence-corrected chi connectivity index (χ2v) is 14.4. The molecular weight excluding hydrogens is 649 g/mol. The maximum atomic E-state index is 2.39. The van der Waals surface area contributed by atoms with Gasteiger partial charge in [0.15, 0.2) is 0 Å². The minimum atomic E-state index is 1.23. The first kappa shape index (κ1) is 30.6. The predicted molar refractivity (Wildman–Crippen MR) is 233 cm³/mol. The Kier molecular flexibility index (Phi) is 6.97. The van der Waals surface area contributed by atoms with E-state index >= 15 is 0 Å². The highest BCUT2D eigenvalue weighted by atomic mass is 14.2. The first-order chi connectivity index (χ1) is 26.8. The van der Waals surface area contributed by atoms with Gasteiger partial charge in [-0.3, -0.25) is 0 Å². The Labute approximate surface area is 314 Å². The monoisotopic (exact) mass is 682 g/mol. The van der Waals surface area contributed by atoms with Gasteiger partial charge in [0, 0.05) is 0 Å². The van der Waals surface area contributed by atoms with Crippen LogP contribution in [-0.4, -0.2) is 0 Å². The third-order valence-electron chi connectivity index (χ3n) is 11.4. The van der Waals surface area contributed by atoms with Crippen LogP contribution in [0.1, 0.15) is 0 Å². The lowest BCUT2D eigenvalue weighted by atomic mass is 9.83. The SMILES string of the molecule is c1ccc2cc(-c3ccc4ccc(-c5c6ccccc6c(-c6ccc(-c7ccc8ccccc8c7)c7ccccc67)c6ccccc56)cc4c3)ccc2c1. The number of hydrogen-bond donors (Lipinski definition) is 0. The molecule has 0 atom stereocenters. The van der Waals surface area contributed by atoms with Crippen LogP contribution in [0.2, 0.25) is 0 Å². The van der Waals surface area contributed by atoms with Gasteiger partial charge in [0.2, 0.25) is 0 Å². The molecular formula is C54H34. The smallest absolute Gasteiger partial charge is 0.00201 e. The highest BCUT2D eigenvalue weighted by Crippen LogP contribution is 2.47. The molecule has 0 heterocycles. The van der Waals surface area contributed by atoms with Crippen molar-refractivity contribution in [1.29, 1.82) is 0 Å². The van der Waals surface area contributed by atoms with Crippen LogP contribution in [0.5, 0.6) is 0 Å². The van der Waals surface area contributed by atoms with E-state index in [0.29, 0.717) is 0 Å². The average molecular weight is 683 g/mol. The third-order valence-corrected chi connectivity index (χ3v) is 11.4. The van der Waals surface area contributed by atoms with Crippen molar-refractivity contribution in [2.24, 2.45) is 0 Å². The summed E-state index contributed by atoms with van der Waals surface area (Å²) in [5, 5.41) is 15.1. The number of fused-ring (bicyclic) bond motifs is 6. The molecule has 0 spiro atoms. The van der Waals surface area contributed by atoms with Gasteiger partial charge in [-0.05, 0) is 133 Å². The van der Waals surface area contributed by atoms with Gasteiger partial charge < -0.3 is 0 Å². The first-order valence-electron chi connectivity index (χ1n) is 18.7. The fourth-order valence-corrected chi connectivity index (χ4v) is 8.81. The van der Waals surface area contributed by atoms with Gasteiger partial charge in [-0.1, -0.05) is 182 Å². The van der Waals surface area contributed by atoms with Crippen molar-refractivity contribution in [3.05, 3.63) is 206 Å². The summed E-state index contributed by atoms with van der Waals surface area (Å²) < 4.78 is 0. The number of hydrogen-bond acceptors (Lipinski definition) is 0. The zero-order valence-electron chi connectivity index (χ0n) is 29.6. The Bertz CT molecular complexity index is 3220. The second-order valence-electron chi connectivity index (χ2n) is 14.4. The molecule has 0 aliphatic rings. The Balaban J connectivity index is 1.11. The third kappa shape index (κ3) is 4.92. The minimum absolute atomic E-state index is 1.23. The molecule has 0 amide bonds. The molecule has 0 saturated carbocycles. The number of rotatable bonds is 4. The summed E-state index contributed by atoms with van der Waals surface area (Å²) in [6.07, 6.45) is 0. The van der Waals surface area contributed by atoms with E-state index in [1.54, 1.807) is 0 Å². The summed E-state index contributed by atoms with van der Waals surface area (Å²) in [7, 11) is 0. The van der Waals surface area contributed by atoms with Gasteiger partial charge in [0.1, 0.15) is 0 Å². The lowest BCUT2D eigenvalue weighted by molar-refractivity contribution is 1.65. The van der Waals surface area contributed by atoms with E-state index in [0.717, 1.165) is 0 Å². The molecule has 11 aromatic rings. The van der Waals surface area contributed by atoms with Crippen LogP contribution in [0.25, 0.3) is 109 Å². The minimum Gasteiger partial charge on any atom is -0.0616 e. The van der Waals surface area contributed by atoms with Crippen LogP contribution < -0.4 is 0 Å². The molecule has 0 unspecified atom stereocenters. The van der Waals surface area contributed by atoms with Gasteiger partial charge in [0.25, 0.3) is 0 Å². The molecule has 0 aromatic heterocycles. The van der Waals surface area contributed by atoms with Crippen LogP contribution in [0, 0.1) is 0 Å². The lowest BCUT2D eigenvalue weighted by Crippen LogP contribution is -1.92. The van der Waals surface area contributed by atoms with Crippen LogP contribution in [-0.2, 0) is 0 Å². The molecule has 0 radical (unpaired) electrons. The van der Waals surface area contributed by atoms with Crippen molar-refractivity contribution >= 4 is 64.6 Å². The molecule has 0 aliphatic carbocycles. The van der Waals surface area contributed by atoms with E-state index in [1.165, 1.54) is 109 Å². The zero-order valence-corrected chi connectivity index (χ0v) is 29.6. The number of benzene rings is 11. The van der Waals surface area contributed by atoms with E-state index in [-0.39, 0.29) is 0 Å². The summed E-state index contributed by atoms with van der Waals surface area (Å²) in [5.41, 5.74) is 10.0. The van der Waals surface area contributed by atoms with Crippen LogP contribution in [0.3, 0.4) is 0 Å². The van der Waals surface area contributed by atoms with Crippen molar-refractivity contribution in [1.82, 2.24) is 0 Å². The standard InChI is InChI=1S/C54H34/c1-3-13-38-31-40(25-21-35(38)11-1)41-26-22-37-24-28-43(34-44(37)33-41)53-48-17-7-9-19-50(48)54(51-20-10-8-18-49(51)53)52-30-29-45(46-15-5-6-16-47(46)52)42-27-23-36-12-2-4-14-39(36)32-42/h1-34H. The summed E-state index contributed by atoms with van der Waals surface area (Å²) in [5.74, 6) is 0. The van der Waals surface area contributed by atoms with E-state index in [1.807, 2.05) is 0 Å². The van der Waals surface area contributed by atoms with Gasteiger partial charge in [-0.15, -0.1) is 0 Å². The fraction of sp³-hybridized carbons (Fsp3) is 0. The summed E-state index contributed by atoms with van der Waals surface area (Å²) in [6, 6.07) is 76.2. The Morgan fingerprint density at radius 3 is 1.11 bits per heavy atom. The highest BCUT2D eigenvalue weighted by Gasteiger charge is 2.19. The van der Waals surface area contributed by atoms with Crippen molar-refractivity contribution in [3.8, 4) is 44.5 Å². The second kappa shape index (κ2) is 12.3. The Morgan fingerprint density at radius 2 is 0.537 bits per heavy atom. The molecule has 0 bridgehead atoms. The molecule has 54 heavy (non-hydrogen) atoms. The van der Waals surface area contributed by atoms with Crippen LogP contribution in [0.15, 0.2) is 206 Å². The molecule has 250 valence electrons. The molecule has 0 N–H and O–H groups in total. The van der Waals surface area contributed by atoms with Crippen molar-refractivity contribution in [2.75, 3.05) is 0 Å². The quantitative estimate of drug-likeness (QED) is 0.162. The van der Waals surface area contributed by atoms with E-state index in [9.17, 15) is 0 Å². The topological polar surface area (TPSA) is 0 Å². The van der Waals surface area contributed by atoms with Crippen molar-refractivity contribution in [3.63, 3.8) is 0 Å². The molecule has 0 aliphatic heterocycles. The molecule has 0 fully saturated rings. The first-order valence-corrected chi connectivity index (χ1v) is 18.7. The van der Waals surface area contributed by atoms with E-state index in [2.05, 4.69) is 206 Å². The van der Waals surface area contributed by atoms with Gasteiger partial charge in [0.05, 0.1) is 0 Å². The summed E-state index contributed by atoms with van der Waals surface area (Å²) >= 11 is 0. The Morgan fingerprint density at radius 1 is 0.185 bits per heavy atom. The predicted octanol–water partition coefficient (Wildman–Crippen LogP) is 15.3. The molecule has 11 aromatic carbocycles. The van der Waals surface area contributed by atoms with E-state index in [4.69, 9.17) is 0 Å². The largest absolute Gasteiger partial charge is 0.0616 e. The highest BCUT2D eigenvalue weighted by molar-refractivity contribution is 6.24. The van der Waals surface area contributed by atoms with Gasteiger partial charge in [-0.2, -0.15) is 0 Å². The molecule has 0 nitrogen and oxygen atoms in total. The zero-order chi connectivity index (χ0) is 35.6. The van der Waals surface area contributed by atoms with E-state index < -0.39 is 0 Å². The normalized spacial score (nSPS) is 11.7. The average Bonchev–Trinajstić information content (AvgIpc) is 3.24. The maximum Gasteiger partial charge on any atom is -0.00201 e. The molecule has 0 heteroatoms. The summed E-state index contributed by atoms with van der Waals surface area (Å²) in [6.45, 7) is 0. The summed E-state index contributed by atoms with van der Waals surface area (Å²) in [4.78, 5) is 0. The van der Waals surface area contributed by atoms with Crippen molar-refractivity contribution in [2.45, 2.75) is 0 Å². The maximum absolute atomic E-state index is 2.39. The van der Waals surface area contributed by atoms with Gasteiger partial charge in [-0.25, -0.2) is 0 Å². The molecule has 11 rings (SSSR count). The Hall–Kier alpha value is -7.02.